The summed E-state index contributed by atoms with van der Waals surface area (Å²) < 4.78 is 70.0. The van der Waals surface area contributed by atoms with Gasteiger partial charge in [0.2, 0.25) is 0 Å². The Morgan fingerprint density at radius 3 is 1.81 bits per heavy atom. The van der Waals surface area contributed by atoms with Crippen molar-refractivity contribution < 1.29 is 45.4 Å². The molecule has 2 aromatic rings. The van der Waals surface area contributed by atoms with Crippen molar-refractivity contribution in [2.45, 2.75) is 22.1 Å². The summed E-state index contributed by atoms with van der Waals surface area (Å²) in [5.74, 6) is -1.92. The highest BCUT2D eigenvalue weighted by atomic mass is 32.2. The number of fused-ring (bicyclic) bond motifs is 3. The van der Waals surface area contributed by atoms with Crippen LogP contribution in [0, 0.1) is 0 Å². The van der Waals surface area contributed by atoms with Crippen LogP contribution in [-0.2, 0) is 29.8 Å². The second kappa shape index (κ2) is 8.26. The van der Waals surface area contributed by atoms with Gasteiger partial charge in [-0.3, -0.25) is 13.9 Å². The van der Waals surface area contributed by atoms with Gasteiger partial charge in [-0.05, 0) is 46.5 Å². The third-order valence-corrected chi connectivity index (χ3v) is 6.37. The van der Waals surface area contributed by atoms with Crippen molar-refractivity contribution in [3.05, 3.63) is 47.5 Å². The average molecular weight is 471 g/mol. The van der Waals surface area contributed by atoms with Gasteiger partial charge in [-0.2, -0.15) is 16.8 Å². The number of rotatable bonds is 7. The van der Waals surface area contributed by atoms with Crippen LogP contribution >= 0.6 is 0 Å². The number of hydrogen-bond acceptors (Lipinski definition) is 7. The summed E-state index contributed by atoms with van der Waals surface area (Å²) in [6.45, 7) is -0.519. The van der Waals surface area contributed by atoms with Crippen LogP contribution in [0.2, 0.25) is 0 Å². The summed E-state index contributed by atoms with van der Waals surface area (Å²) in [7, 11) is -9.06. The smallest absolute Gasteiger partial charge is 0.407 e. The maximum Gasteiger partial charge on any atom is 0.407 e. The number of carboxylic acid groups (broad SMARTS) is 1. The van der Waals surface area contributed by atoms with Crippen molar-refractivity contribution >= 4 is 32.3 Å². The third kappa shape index (κ3) is 5.02. The van der Waals surface area contributed by atoms with Gasteiger partial charge in [0.25, 0.3) is 20.2 Å². The fourth-order valence-electron chi connectivity index (χ4n) is 3.30. The van der Waals surface area contributed by atoms with E-state index in [0.29, 0.717) is 22.3 Å². The van der Waals surface area contributed by atoms with Crippen LogP contribution in [0.4, 0.5) is 4.79 Å². The molecule has 0 unspecified atom stereocenters. The second-order valence-corrected chi connectivity index (χ2v) is 9.51. The number of aliphatic carboxylic acids is 1. The number of carbonyl (C=O) groups is 2. The van der Waals surface area contributed by atoms with E-state index in [2.05, 4.69) is 5.32 Å². The number of ether oxygens (including phenoxy) is 1. The van der Waals surface area contributed by atoms with Gasteiger partial charge in [0.1, 0.15) is 6.61 Å². The van der Waals surface area contributed by atoms with Crippen molar-refractivity contribution in [3.63, 3.8) is 0 Å². The van der Waals surface area contributed by atoms with E-state index >= 15 is 0 Å². The van der Waals surface area contributed by atoms with Crippen LogP contribution in [0.3, 0.4) is 0 Å². The first kappa shape index (κ1) is 22.7. The minimum atomic E-state index is -4.53. The summed E-state index contributed by atoms with van der Waals surface area (Å²) >= 11 is 0. The third-order valence-electron chi connectivity index (χ3n) is 4.67. The van der Waals surface area contributed by atoms with E-state index in [1.165, 1.54) is 36.4 Å². The molecule has 1 aliphatic rings. The minimum absolute atomic E-state index is 0.175. The van der Waals surface area contributed by atoms with Gasteiger partial charge in [-0.25, -0.2) is 4.79 Å². The lowest BCUT2D eigenvalue weighted by atomic mass is 9.98. The minimum Gasteiger partial charge on any atom is -0.481 e. The van der Waals surface area contributed by atoms with Crippen LogP contribution in [-0.4, -0.2) is 56.3 Å². The van der Waals surface area contributed by atoms with Crippen molar-refractivity contribution in [3.8, 4) is 11.1 Å². The Morgan fingerprint density at radius 2 is 1.39 bits per heavy atom. The zero-order valence-corrected chi connectivity index (χ0v) is 17.3. The average Bonchev–Trinajstić information content (AvgIpc) is 2.97. The first-order chi connectivity index (χ1) is 14.4. The maximum absolute atomic E-state index is 11.9. The molecule has 0 spiro atoms. The number of nitrogens with one attached hydrogen (secondary N) is 1. The zero-order valence-electron chi connectivity index (χ0n) is 15.7. The van der Waals surface area contributed by atoms with Crippen LogP contribution in [0.15, 0.2) is 46.2 Å². The van der Waals surface area contributed by atoms with E-state index < -0.39 is 48.0 Å². The van der Waals surface area contributed by atoms with Crippen LogP contribution in [0.25, 0.3) is 11.1 Å². The van der Waals surface area contributed by atoms with Crippen LogP contribution in [0.1, 0.15) is 23.5 Å². The monoisotopic (exact) mass is 471 g/mol. The van der Waals surface area contributed by atoms with Gasteiger partial charge in [0.05, 0.1) is 16.2 Å². The quantitative estimate of drug-likeness (QED) is 0.431. The van der Waals surface area contributed by atoms with Gasteiger partial charge in [-0.15, -0.1) is 0 Å². The van der Waals surface area contributed by atoms with Crippen molar-refractivity contribution in [1.82, 2.24) is 5.32 Å². The van der Waals surface area contributed by atoms with E-state index in [4.69, 9.17) is 9.84 Å². The lowest BCUT2D eigenvalue weighted by Crippen LogP contribution is -2.28. The Labute approximate surface area is 177 Å². The Balaban J connectivity index is 1.97. The summed E-state index contributed by atoms with van der Waals surface area (Å²) in [5, 5.41) is 10.8. The summed E-state index contributed by atoms with van der Waals surface area (Å²) in [6, 6.07) is 7.59. The second-order valence-electron chi connectivity index (χ2n) is 6.67. The first-order valence-electron chi connectivity index (χ1n) is 8.73. The Bertz CT molecular complexity index is 1190. The van der Waals surface area contributed by atoms with E-state index in [0.717, 1.165) is 0 Å². The van der Waals surface area contributed by atoms with Gasteiger partial charge < -0.3 is 15.2 Å². The number of benzene rings is 2. The lowest BCUT2D eigenvalue weighted by Gasteiger charge is -2.15. The molecule has 3 rings (SSSR count). The molecular formula is C18H17NO10S2. The van der Waals surface area contributed by atoms with Crippen LogP contribution in [0.5, 0.6) is 0 Å². The molecule has 0 saturated heterocycles. The molecule has 31 heavy (non-hydrogen) atoms. The Morgan fingerprint density at radius 1 is 0.903 bits per heavy atom. The number of amides is 1. The molecule has 1 aliphatic carbocycles. The molecule has 0 aromatic heterocycles. The Hall–Kier alpha value is -3.00. The van der Waals surface area contributed by atoms with Crippen molar-refractivity contribution in [1.29, 1.82) is 0 Å². The molecule has 0 radical (unpaired) electrons. The largest absolute Gasteiger partial charge is 0.481 e. The molecule has 0 saturated carbocycles. The predicted molar refractivity (Wildman–Crippen MR) is 105 cm³/mol. The number of hydrogen-bond donors (Lipinski definition) is 4. The maximum atomic E-state index is 11.9. The molecule has 1 amide bonds. The van der Waals surface area contributed by atoms with E-state index in [-0.39, 0.29) is 19.6 Å². The fourth-order valence-corrected chi connectivity index (χ4v) is 4.33. The van der Waals surface area contributed by atoms with E-state index in [9.17, 15) is 35.5 Å². The molecule has 4 N–H and O–H groups in total. The summed E-state index contributed by atoms with van der Waals surface area (Å²) in [5.41, 5.74) is 1.78. The SMILES string of the molecule is O=C(O)CCNC(=O)OCC1c2cc(S(=O)(=O)O)ccc2-c2ccc(S(=O)(=O)O)cc21. The fraction of sp³-hybridized carbons (Fsp3) is 0.222. The molecule has 166 valence electrons. The van der Waals surface area contributed by atoms with Crippen molar-refractivity contribution in [2.75, 3.05) is 13.2 Å². The molecule has 11 nitrogen and oxygen atoms in total. The molecule has 0 aliphatic heterocycles. The Kier molecular flexibility index (Phi) is 6.04. The van der Waals surface area contributed by atoms with E-state index in [1.807, 2.05) is 0 Å². The summed E-state index contributed by atoms with van der Waals surface area (Å²) in [6.07, 6.45) is -1.24. The van der Waals surface area contributed by atoms with Gasteiger partial charge in [0.15, 0.2) is 0 Å². The number of carboxylic acids is 1. The molecule has 0 fully saturated rings. The molecule has 0 bridgehead atoms. The highest BCUT2D eigenvalue weighted by molar-refractivity contribution is 7.86. The molecule has 0 atom stereocenters. The predicted octanol–water partition coefficient (Wildman–Crippen LogP) is 1.49. The van der Waals surface area contributed by atoms with Crippen LogP contribution < -0.4 is 5.32 Å². The van der Waals surface area contributed by atoms with E-state index in [1.54, 1.807) is 0 Å². The topological polar surface area (TPSA) is 184 Å². The lowest BCUT2D eigenvalue weighted by molar-refractivity contribution is -0.136. The highest BCUT2D eigenvalue weighted by Gasteiger charge is 2.32. The van der Waals surface area contributed by atoms with Crippen molar-refractivity contribution in [2.24, 2.45) is 0 Å². The number of carbonyl (C=O) groups excluding carboxylic acids is 1. The molecular weight excluding hydrogens is 454 g/mol. The number of alkyl carbamates (subject to hydrolysis) is 1. The normalized spacial score (nSPS) is 13.4. The molecule has 2 aromatic carbocycles. The first-order valence-corrected chi connectivity index (χ1v) is 11.6. The van der Waals surface area contributed by atoms with Gasteiger partial charge in [-0.1, -0.05) is 12.1 Å². The highest BCUT2D eigenvalue weighted by Crippen LogP contribution is 2.46. The standard InChI is InChI=1S/C18H17NO10S2/c20-17(21)5-6-19-18(22)29-9-16-14-7-10(30(23,24)25)1-3-12(14)13-4-2-11(8-15(13)16)31(26,27)28/h1-4,7-8,16H,5-6,9H2,(H,19,22)(H,20,21)(H,23,24,25)(H,26,27,28). The zero-order chi connectivity index (χ0) is 23.0. The van der Waals surface area contributed by atoms with Gasteiger partial charge >= 0.3 is 12.1 Å². The summed E-state index contributed by atoms with van der Waals surface area (Å²) in [4.78, 5) is 21.6. The molecule has 13 heteroatoms. The van der Waals surface area contributed by atoms with Gasteiger partial charge in [0, 0.05) is 12.5 Å². The molecule has 0 heterocycles.